The second kappa shape index (κ2) is 6.30. The van der Waals surface area contributed by atoms with Crippen molar-refractivity contribution in [2.75, 3.05) is 38.7 Å². The molecule has 1 aromatic carbocycles. The van der Waals surface area contributed by atoms with E-state index in [0.29, 0.717) is 17.9 Å². The van der Waals surface area contributed by atoms with Gasteiger partial charge in [-0.1, -0.05) is 12.1 Å². The smallest absolute Gasteiger partial charge is 0.154 e. The Kier molecular flexibility index (Phi) is 4.12. The van der Waals surface area contributed by atoms with Crippen LogP contribution in [0.3, 0.4) is 0 Å². The van der Waals surface area contributed by atoms with E-state index in [1.807, 2.05) is 6.20 Å². The van der Waals surface area contributed by atoms with Crippen LogP contribution in [0.1, 0.15) is 22.7 Å². The molecule has 25 heavy (non-hydrogen) atoms. The predicted octanol–water partition coefficient (Wildman–Crippen LogP) is 2.84. The Hall–Kier alpha value is -2.14. The summed E-state index contributed by atoms with van der Waals surface area (Å²) in [4.78, 5) is 4.94. The molecule has 5 heteroatoms. The number of nitrogens with zero attached hydrogens (tertiary/aromatic N) is 4. The minimum Gasteiger partial charge on any atom is -0.497 e. The number of methoxy groups -OCH3 is 1. The van der Waals surface area contributed by atoms with Gasteiger partial charge >= 0.3 is 0 Å². The van der Waals surface area contributed by atoms with E-state index in [4.69, 9.17) is 4.74 Å². The van der Waals surface area contributed by atoms with E-state index in [-0.39, 0.29) is 0 Å². The fourth-order valence-corrected chi connectivity index (χ4v) is 4.55. The molecule has 0 N–H and O–H groups in total. The number of aryl methyl sites for hydroxylation is 1. The van der Waals surface area contributed by atoms with Crippen LogP contribution in [0.25, 0.3) is 0 Å². The third kappa shape index (κ3) is 2.76. The Bertz CT molecular complexity index is 761. The molecule has 132 valence electrons. The number of hydrogen-bond donors (Lipinski definition) is 0. The molecule has 0 radical (unpaired) electrons. The van der Waals surface area contributed by atoms with Crippen LogP contribution in [-0.2, 0) is 0 Å². The van der Waals surface area contributed by atoms with Crippen LogP contribution in [0.15, 0.2) is 30.5 Å². The highest BCUT2D eigenvalue weighted by Gasteiger charge is 2.46. The van der Waals surface area contributed by atoms with E-state index in [2.05, 4.69) is 65.2 Å². The third-order valence-corrected chi connectivity index (χ3v) is 5.98. The molecule has 3 heterocycles. The summed E-state index contributed by atoms with van der Waals surface area (Å²) < 4.78 is 5.31. The van der Waals surface area contributed by atoms with Crippen LogP contribution in [-0.4, -0.2) is 48.9 Å². The Morgan fingerprint density at radius 1 is 1.08 bits per heavy atom. The highest BCUT2D eigenvalue weighted by atomic mass is 16.5. The predicted molar refractivity (Wildman–Crippen MR) is 99.1 cm³/mol. The van der Waals surface area contributed by atoms with Gasteiger partial charge in [0.2, 0.25) is 0 Å². The second-order valence-electron chi connectivity index (χ2n) is 7.46. The maximum atomic E-state index is 5.31. The van der Waals surface area contributed by atoms with Crippen LogP contribution in [0.2, 0.25) is 0 Å². The summed E-state index contributed by atoms with van der Waals surface area (Å²) in [5.74, 6) is 3.28. The fourth-order valence-electron chi connectivity index (χ4n) is 4.55. The van der Waals surface area contributed by atoms with Gasteiger partial charge in [-0.05, 0) is 55.6 Å². The van der Waals surface area contributed by atoms with E-state index in [0.717, 1.165) is 31.2 Å². The second-order valence-corrected chi connectivity index (χ2v) is 7.46. The summed E-state index contributed by atoms with van der Waals surface area (Å²) in [5.41, 5.74) is 3.85. The summed E-state index contributed by atoms with van der Waals surface area (Å²) in [6.45, 7) is 7.51. The number of anilines is 1. The van der Waals surface area contributed by atoms with E-state index in [9.17, 15) is 0 Å². The SMILES string of the molecule is COc1ccc([C@H]2[C@@H]3CN(c4nncc(C)c4C)C[C@@H]3CN2C)cc1. The Labute approximate surface area is 149 Å². The first-order valence-electron chi connectivity index (χ1n) is 8.96. The molecule has 0 saturated carbocycles. The molecule has 0 spiro atoms. The highest BCUT2D eigenvalue weighted by Crippen LogP contribution is 2.45. The zero-order chi connectivity index (χ0) is 17.6. The molecule has 2 aromatic rings. The number of fused-ring (bicyclic) bond motifs is 1. The van der Waals surface area contributed by atoms with Crippen molar-refractivity contribution in [3.05, 3.63) is 47.2 Å². The number of aromatic nitrogens is 2. The molecule has 2 aliphatic heterocycles. The van der Waals surface area contributed by atoms with Crippen molar-refractivity contribution in [1.82, 2.24) is 15.1 Å². The summed E-state index contributed by atoms with van der Waals surface area (Å²) in [5, 5.41) is 8.61. The van der Waals surface area contributed by atoms with Crippen LogP contribution in [0, 0.1) is 25.7 Å². The Morgan fingerprint density at radius 2 is 1.84 bits per heavy atom. The van der Waals surface area contributed by atoms with Crippen LogP contribution in [0.5, 0.6) is 5.75 Å². The molecular formula is C20H26N4O. The molecule has 2 aliphatic rings. The molecule has 0 bridgehead atoms. The summed E-state index contributed by atoms with van der Waals surface area (Å²) >= 11 is 0. The van der Waals surface area contributed by atoms with Crippen molar-refractivity contribution >= 4 is 5.82 Å². The topological polar surface area (TPSA) is 41.5 Å². The lowest BCUT2D eigenvalue weighted by Gasteiger charge is -2.27. The standard InChI is InChI=1S/C20H26N4O/c1-13-9-21-22-20(14(13)2)24-11-16-10-23(3)19(18(16)12-24)15-5-7-17(25-4)8-6-15/h5-9,16,18-19H,10-12H2,1-4H3/t16-,18+,19-/m0/s1. The van der Waals surface area contributed by atoms with Gasteiger partial charge in [0.25, 0.3) is 0 Å². The molecule has 2 saturated heterocycles. The van der Waals surface area contributed by atoms with Gasteiger partial charge in [-0.15, -0.1) is 5.10 Å². The lowest BCUT2D eigenvalue weighted by Crippen LogP contribution is -2.30. The number of rotatable bonds is 3. The highest BCUT2D eigenvalue weighted by molar-refractivity contribution is 5.49. The molecule has 0 aliphatic carbocycles. The minimum absolute atomic E-state index is 0.457. The lowest BCUT2D eigenvalue weighted by atomic mass is 9.89. The minimum atomic E-state index is 0.457. The molecule has 0 unspecified atom stereocenters. The zero-order valence-electron chi connectivity index (χ0n) is 15.4. The van der Waals surface area contributed by atoms with Crippen molar-refractivity contribution in [2.24, 2.45) is 11.8 Å². The normalized spacial score (nSPS) is 26.1. The van der Waals surface area contributed by atoms with Gasteiger partial charge in [0.05, 0.1) is 13.3 Å². The lowest BCUT2D eigenvalue weighted by molar-refractivity contribution is 0.279. The molecule has 1 aromatic heterocycles. The van der Waals surface area contributed by atoms with Crippen molar-refractivity contribution in [3.63, 3.8) is 0 Å². The summed E-state index contributed by atoms with van der Waals surface area (Å²) in [6.07, 6.45) is 1.85. The Balaban J connectivity index is 1.59. The summed E-state index contributed by atoms with van der Waals surface area (Å²) in [6, 6.07) is 9.02. The fraction of sp³-hybridized carbons (Fsp3) is 0.500. The van der Waals surface area contributed by atoms with Gasteiger partial charge in [-0.25, -0.2) is 0 Å². The van der Waals surface area contributed by atoms with Crippen molar-refractivity contribution in [2.45, 2.75) is 19.9 Å². The first-order chi connectivity index (χ1) is 12.1. The molecule has 5 nitrogen and oxygen atoms in total. The molecule has 0 amide bonds. The molecule has 3 atom stereocenters. The number of likely N-dealkylation sites (tertiary alicyclic amines) is 1. The number of benzene rings is 1. The van der Waals surface area contributed by atoms with Crippen LogP contribution in [0.4, 0.5) is 5.82 Å². The van der Waals surface area contributed by atoms with Gasteiger partial charge in [0.15, 0.2) is 5.82 Å². The van der Waals surface area contributed by atoms with E-state index < -0.39 is 0 Å². The van der Waals surface area contributed by atoms with Gasteiger partial charge in [0, 0.05) is 31.6 Å². The average Bonchev–Trinajstić information content (AvgIpc) is 3.14. The van der Waals surface area contributed by atoms with Gasteiger partial charge in [-0.3, -0.25) is 4.90 Å². The maximum Gasteiger partial charge on any atom is 0.154 e. The quantitative estimate of drug-likeness (QED) is 0.861. The molecule has 2 fully saturated rings. The molecule has 4 rings (SSSR count). The first kappa shape index (κ1) is 16.3. The monoisotopic (exact) mass is 338 g/mol. The van der Waals surface area contributed by atoms with Crippen molar-refractivity contribution in [3.8, 4) is 5.75 Å². The van der Waals surface area contributed by atoms with Crippen molar-refractivity contribution in [1.29, 1.82) is 0 Å². The average molecular weight is 338 g/mol. The molecular weight excluding hydrogens is 312 g/mol. The zero-order valence-corrected chi connectivity index (χ0v) is 15.4. The van der Waals surface area contributed by atoms with Gasteiger partial charge in [0.1, 0.15) is 5.75 Å². The van der Waals surface area contributed by atoms with Gasteiger partial charge in [-0.2, -0.15) is 5.10 Å². The van der Waals surface area contributed by atoms with E-state index in [1.54, 1.807) is 7.11 Å². The third-order valence-electron chi connectivity index (χ3n) is 5.98. The van der Waals surface area contributed by atoms with Crippen molar-refractivity contribution < 1.29 is 4.74 Å². The summed E-state index contributed by atoms with van der Waals surface area (Å²) in [7, 11) is 3.96. The van der Waals surface area contributed by atoms with Crippen LogP contribution < -0.4 is 9.64 Å². The van der Waals surface area contributed by atoms with Crippen LogP contribution >= 0.6 is 0 Å². The van der Waals surface area contributed by atoms with Gasteiger partial charge < -0.3 is 9.64 Å². The first-order valence-corrected chi connectivity index (χ1v) is 8.96. The number of ether oxygens (including phenoxy) is 1. The van der Waals surface area contributed by atoms with E-state index in [1.165, 1.54) is 16.7 Å². The largest absolute Gasteiger partial charge is 0.497 e. The maximum absolute atomic E-state index is 5.31. The number of hydrogen-bond acceptors (Lipinski definition) is 5. The van der Waals surface area contributed by atoms with E-state index >= 15 is 0 Å². The Morgan fingerprint density at radius 3 is 2.56 bits per heavy atom.